The first-order valence-corrected chi connectivity index (χ1v) is 8.20. The van der Waals surface area contributed by atoms with Crippen LogP contribution in [0.25, 0.3) is 27.7 Å². The van der Waals surface area contributed by atoms with Crippen LogP contribution in [0.1, 0.15) is 36.8 Å². The fraction of sp³-hybridized carbons (Fsp3) is 0.238. The number of aromatic amines is 1. The summed E-state index contributed by atoms with van der Waals surface area (Å²) >= 11 is 0. The summed E-state index contributed by atoms with van der Waals surface area (Å²) in [4.78, 5) is 3.68. The van der Waals surface area contributed by atoms with Crippen LogP contribution in [0.5, 0.6) is 0 Å². The number of allylic oxidation sites excluding steroid dienone is 2. The van der Waals surface area contributed by atoms with Crippen LogP contribution in [-0.4, -0.2) is 4.98 Å². The molecule has 1 heterocycles. The molecule has 0 saturated heterocycles. The summed E-state index contributed by atoms with van der Waals surface area (Å²) in [5, 5.41) is 1.36. The number of fused-ring (bicyclic) bond motifs is 1. The quantitative estimate of drug-likeness (QED) is 0.586. The number of aromatic nitrogens is 1. The van der Waals surface area contributed by atoms with E-state index in [-0.39, 0.29) is 0 Å². The third-order valence-electron chi connectivity index (χ3n) is 4.63. The molecule has 22 heavy (non-hydrogen) atoms. The molecule has 1 aliphatic carbocycles. The Hall–Kier alpha value is -2.28. The van der Waals surface area contributed by atoms with E-state index in [1.54, 1.807) is 0 Å². The molecule has 0 unspecified atom stereocenters. The number of H-pyrrole nitrogens is 1. The lowest BCUT2D eigenvalue weighted by Gasteiger charge is -2.14. The van der Waals surface area contributed by atoms with Gasteiger partial charge < -0.3 is 4.98 Å². The van der Waals surface area contributed by atoms with Gasteiger partial charge in [0.1, 0.15) is 0 Å². The molecule has 0 atom stereocenters. The van der Waals surface area contributed by atoms with E-state index in [0.29, 0.717) is 0 Å². The van der Waals surface area contributed by atoms with Crippen molar-refractivity contribution in [2.75, 3.05) is 0 Å². The summed E-state index contributed by atoms with van der Waals surface area (Å²) < 4.78 is 0. The predicted octanol–water partition coefficient (Wildman–Crippen LogP) is 6.10. The average Bonchev–Trinajstić information content (AvgIpc) is 2.95. The van der Waals surface area contributed by atoms with Gasteiger partial charge >= 0.3 is 0 Å². The first kappa shape index (κ1) is 13.4. The first-order chi connectivity index (χ1) is 10.8. The lowest BCUT2D eigenvalue weighted by atomic mass is 9.90. The zero-order valence-corrected chi connectivity index (χ0v) is 13.0. The van der Waals surface area contributed by atoms with Gasteiger partial charge in [0.05, 0.1) is 5.69 Å². The molecule has 0 amide bonds. The summed E-state index contributed by atoms with van der Waals surface area (Å²) in [5.41, 5.74) is 8.03. The summed E-state index contributed by atoms with van der Waals surface area (Å²) in [7, 11) is 0. The van der Waals surface area contributed by atoms with Crippen LogP contribution in [-0.2, 0) is 0 Å². The first-order valence-electron chi connectivity index (χ1n) is 8.20. The van der Waals surface area contributed by atoms with Gasteiger partial charge in [0.25, 0.3) is 0 Å². The smallest absolute Gasteiger partial charge is 0.0541 e. The van der Waals surface area contributed by atoms with Gasteiger partial charge in [0.15, 0.2) is 0 Å². The van der Waals surface area contributed by atoms with E-state index in [1.165, 1.54) is 64.5 Å². The Bertz CT molecular complexity index is 837. The summed E-state index contributed by atoms with van der Waals surface area (Å²) in [6.45, 7) is 2.15. The van der Waals surface area contributed by atoms with Crippen LogP contribution < -0.4 is 0 Å². The largest absolute Gasteiger partial charge is 0.354 e. The SMILES string of the molecule is Cc1ccc2c(C3=CCCCC3)c(-c3ccccc3)[nH]c2c1. The molecule has 0 spiro atoms. The van der Waals surface area contributed by atoms with E-state index in [9.17, 15) is 0 Å². The van der Waals surface area contributed by atoms with Crippen molar-refractivity contribution in [1.82, 2.24) is 4.98 Å². The second-order valence-corrected chi connectivity index (χ2v) is 6.27. The molecule has 0 bridgehead atoms. The number of hydrogen-bond donors (Lipinski definition) is 1. The van der Waals surface area contributed by atoms with E-state index < -0.39 is 0 Å². The highest BCUT2D eigenvalue weighted by Gasteiger charge is 2.17. The molecule has 0 fully saturated rings. The van der Waals surface area contributed by atoms with E-state index in [0.717, 1.165) is 0 Å². The Kier molecular flexibility index (Phi) is 3.34. The van der Waals surface area contributed by atoms with Crippen molar-refractivity contribution in [1.29, 1.82) is 0 Å². The van der Waals surface area contributed by atoms with Crippen molar-refractivity contribution in [3.8, 4) is 11.3 Å². The molecule has 3 aromatic rings. The van der Waals surface area contributed by atoms with Gasteiger partial charge in [0.2, 0.25) is 0 Å². The van der Waals surface area contributed by atoms with Crippen LogP contribution in [0, 0.1) is 6.92 Å². The van der Waals surface area contributed by atoms with Crippen LogP contribution in [0.2, 0.25) is 0 Å². The molecular weight excluding hydrogens is 266 g/mol. The highest BCUT2D eigenvalue weighted by molar-refractivity contribution is 6.00. The van der Waals surface area contributed by atoms with Crippen molar-refractivity contribution in [3.05, 3.63) is 65.7 Å². The summed E-state index contributed by atoms with van der Waals surface area (Å²) in [5.74, 6) is 0. The van der Waals surface area contributed by atoms with Gasteiger partial charge in [-0.2, -0.15) is 0 Å². The normalized spacial score (nSPS) is 15.0. The molecule has 0 saturated carbocycles. The third kappa shape index (κ3) is 2.27. The Balaban J connectivity index is 2.00. The Morgan fingerprint density at radius 2 is 1.82 bits per heavy atom. The Morgan fingerprint density at radius 1 is 0.955 bits per heavy atom. The topological polar surface area (TPSA) is 15.8 Å². The summed E-state index contributed by atoms with van der Waals surface area (Å²) in [6, 6.07) is 17.5. The van der Waals surface area contributed by atoms with Crippen molar-refractivity contribution in [3.63, 3.8) is 0 Å². The zero-order valence-electron chi connectivity index (χ0n) is 13.0. The number of hydrogen-bond acceptors (Lipinski definition) is 0. The van der Waals surface area contributed by atoms with Crippen LogP contribution in [0.3, 0.4) is 0 Å². The zero-order chi connectivity index (χ0) is 14.9. The molecular formula is C21H21N. The van der Waals surface area contributed by atoms with Gasteiger partial charge in [-0.25, -0.2) is 0 Å². The fourth-order valence-electron chi connectivity index (χ4n) is 3.53. The number of benzene rings is 2. The minimum absolute atomic E-state index is 1.20. The van der Waals surface area contributed by atoms with Gasteiger partial charge in [-0.15, -0.1) is 0 Å². The Morgan fingerprint density at radius 3 is 2.59 bits per heavy atom. The lowest BCUT2D eigenvalue weighted by Crippen LogP contribution is -1.93. The maximum absolute atomic E-state index is 3.68. The highest BCUT2D eigenvalue weighted by atomic mass is 14.7. The van der Waals surface area contributed by atoms with Gasteiger partial charge in [-0.05, 0) is 55.4 Å². The predicted molar refractivity (Wildman–Crippen MR) is 94.9 cm³/mol. The standard InChI is InChI=1S/C21H21N/c1-15-12-13-18-19(14-15)22-21(17-10-6-3-7-11-17)20(18)16-8-4-2-5-9-16/h3,6-8,10-14,22H,2,4-5,9H2,1H3. The van der Waals surface area contributed by atoms with Gasteiger partial charge in [-0.3, -0.25) is 0 Å². The maximum Gasteiger partial charge on any atom is 0.0541 e. The molecule has 0 aliphatic heterocycles. The molecule has 1 nitrogen and oxygen atoms in total. The maximum atomic E-state index is 3.68. The van der Waals surface area contributed by atoms with Crippen LogP contribution >= 0.6 is 0 Å². The number of rotatable bonds is 2. The minimum atomic E-state index is 1.20. The van der Waals surface area contributed by atoms with Gasteiger partial charge in [0, 0.05) is 16.5 Å². The van der Waals surface area contributed by atoms with Crippen LogP contribution in [0.4, 0.5) is 0 Å². The second kappa shape index (κ2) is 5.49. The van der Waals surface area contributed by atoms with Crippen LogP contribution in [0.15, 0.2) is 54.6 Å². The summed E-state index contributed by atoms with van der Waals surface area (Å²) in [6.07, 6.45) is 7.48. The second-order valence-electron chi connectivity index (χ2n) is 6.27. The molecule has 1 N–H and O–H groups in total. The lowest BCUT2D eigenvalue weighted by molar-refractivity contribution is 0.742. The monoisotopic (exact) mass is 287 g/mol. The Labute approximate surface area is 131 Å². The van der Waals surface area contributed by atoms with Crippen molar-refractivity contribution < 1.29 is 0 Å². The van der Waals surface area contributed by atoms with Crippen molar-refractivity contribution in [2.24, 2.45) is 0 Å². The minimum Gasteiger partial charge on any atom is -0.354 e. The average molecular weight is 287 g/mol. The molecule has 1 aromatic heterocycles. The molecule has 4 rings (SSSR count). The van der Waals surface area contributed by atoms with E-state index in [1.807, 2.05) is 0 Å². The number of aryl methyl sites for hydroxylation is 1. The molecule has 1 aliphatic rings. The molecule has 110 valence electrons. The molecule has 0 radical (unpaired) electrons. The van der Waals surface area contributed by atoms with E-state index in [4.69, 9.17) is 0 Å². The van der Waals surface area contributed by atoms with Gasteiger partial charge in [-0.1, -0.05) is 48.5 Å². The molecule has 1 heteroatoms. The molecule has 2 aromatic carbocycles. The highest BCUT2D eigenvalue weighted by Crippen LogP contribution is 2.39. The third-order valence-corrected chi connectivity index (χ3v) is 4.63. The van der Waals surface area contributed by atoms with E-state index >= 15 is 0 Å². The van der Waals surface area contributed by atoms with Crippen molar-refractivity contribution in [2.45, 2.75) is 32.6 Å². The van der Waals surface area contributed by atoms with Crippen molar-refractivity contribution >= 4 is 16.5 Å². The fourth-order valence-corrected chi connectivity index (χ4v) is 3.53. The number of nitrogens with one attached hydrogen (secondary N) is 1. The van der Waals surface area contributed by atoms with E-state index in [2.05, 4.69) is 66.5 Å².